The second-order valence-electron chi connectivity index (χ2n) is 5.82. The average Bonchev–Trinajstić information content (AvgIpc) is 2.98. The Balaban J connectivity index is 1.50. The lowest BCUT2D eigenvalue weighted by atomic mass is 10.0. The minimum atomic E-state index is 0.556. The Morgan fingerprint density at radius 3 is 2.73 bits per heavy atom. The summed E-state index contributed by atoms with van der Waals surface area (Å²) in [5, 5.41) is 3.62. The fraction of sp³-hybridized carbons (Fsp3) is 0.562. The van der Waals surface area contributed by atoms with E-state index in [2.05, 4.69) is 42.7 Å². The molecule has 3 rings (SSSR count). The maximum atomic E-state index is 4.42. The van der Waals surface area contributed by atoms with Crippen molar-refractivity contribution in [3.63, 3.8) is 0 Å². The van der Waals surface area contributed by atoms with Crippen molar-refractivity contribution in [3.8, 4) is 0 Å². The number of piperidine rings is 1. The molecule has 1 N–H and O–H groups in total. The molecule has 0 radical (unpaired) electrons. The van der Waals surface area contributed by atoms with Crippen molar-refractivity contribution in [1.82, 2.24) is 24.8 Å². The van der Waals surface area contributed by atoms with Crippen LogP contribution in [-0.2, 0) is 20.0 Å². The van der Waals surface area contributed by atoms with Crippen LogP contribution in [0, 0.1) is 0 Å². The van der Waals surface area contributed by atoms with Gasteiger partial charge in [-0.3, -0.25) is 0 Å². The van der Waals surface area contributed by atoms with Gasteiger partial charge < -0.3 is 14.8 Å². The summed E-state index contributed by atoms with van der Waals surface area (Å²) < 4.78 is 2.06. The van der Waals surface area contributed by atoms with Crippen LogP contribution in [0.4, 0.5) is 5.82 Å². The molecular weight excluding hydrogens is 276 g/mol. The number of hydrogen-bond donors (Lipinski definition) is 1. The number of rotatable bonds is 5. The Kier molecular flexibility index (Phi) is 4.68. The molecule has 3 heterocycles. The normalized spacial score (nSPS) is 16.2. The topological polar surface area (TPSA) is 58.9 Å². The second kappa shape index (κ2) is 6.87. The van der Waals surface area contributed by atoms with Gasteiger partial charge in [-0.05, 0) is 19.3 Å². The van der Waals surface area contributed by atoms with Crippen LogP contribution in [0.25, 0.3) is 0 Å². The van der Waals surface area contributed by atoms with E-state index in [1.54, 1.807) is 6.33 Å². The Morgan fingerprint density at radius 2 is 2.05 bits per heavy atom. The third kappa shape index (κ3) is 3.44. The number of hydrogen-bond acceptors (Lipinski definition) is 5. The number of nitrogens with zero attached hydrogens (tertiary/aromatic N) is 5. The number of imidazole rings is 1. The van der Waals surface area contributed by atoms with Crippen molar-refractivity contribution in [3.05, 3.63) is 36.3 Å². The van der Waals surface area contributed by atoms with Gasteiger partial charge in [0.05, 0.1) is 6.54 Å². The van der Waals surface area contributed by atoms with Gasteiger partial charge in [0.15, 0.2) is 0 Å². The van der Waals surface area contributed by atoms with Crippen molar-refractivity contribution < 1.29 is 0 Å². The molecule has 2 aromatic heterocycles. The summed E-state index contributed by atoms with van der Waals surface area (Å²) >= 11 is 0. The van der Waals surface area contributed by atoms with E-state index in [1.165, 1.54) is 0 Å². The van der Waals surface area contributed by atoms with Gasteiger partial charge in [-0.15, -0.1) is 0 Å². The molecule has 2 aromatic rings. The molecule has 1 aliphatic rings. The SMILES string of the molecule is CCc1cc(N2CCC(NCc3nccn3C)CC2)ncn1. The van der Waals surface area contributed by atoms with Gasteiger partial charge in [-0.1, -0.05) is 6.92 Å². The molecule has 0 aromatic carbocycles. The molecular formula is C16H24N6. The Morgan fingerprint density at radius 1 is 1.23 bits per heavy atom. The zero-order valence-electron chi connectivity index (χ0n) is 13.4. The van der Waals surface area contributed by atoms with Crippen LogP contribution in [0.3, 0.4) is 0 Å². The second-order valence-corrected chi connectivity index (χ2v) is 5.82. The molecule has 0 aliphatic carbocycles. The molecule has 1 aliphatic heterocycles. The average molecular weight is 300 g/mol. The van der Waals surface area contributed by atoms with Gasteiger partial charge in [0.2, 0.25) is 0 Å². The first-order valence-corrected chi connectivity index (χ1v) is 8.01. The quantitative estimate of drug-likeness (QED) is 0.907. The van der Waals surface area contributed by atoms with Gasteiger partial charge in [0.1, 0.15) is 18.0 Å². The van der Waals surface area contributed by atoms with E-state index in [4.69, 9.17) is 0 Å². The Bertz CT molecular complexity index is 600. The number of anilines is 1. The van der Waals surface area contributed by atoms with E-state index in [-0.39, 0.29) is 0 Å². The van der Waals surface area contributed by atoms with Crippen LogP contribution in [-0.4, -0.2) is 38.7 Å². The first-order chi connectivity index (χ1) is 10.8. The van der Waals surface area contributed by atoms with E-state index in [9.17, 15) is 0 Å². The van der Waals surface area contributed by atoms with Crippen LogP contribution in [0.2, 0.25) is 0 Å². The fourth-order valence-corrected chi connectivity index (χ4v) is 2.87. The molecule has 0 saturated carbocycles. The number of nitrogens with one attached hydrogen (secondary N) is 1. The van der Waals surface area contributed by atoms with Gasteiger partial charge in [-0.25, -0.2) is 15.0 Å². The van der Waals surface area contributed by atoms with E-state index >= 15 is 0 Å². The number of aryl methyl sites for hydroxylation is 2. The summed E-state index contributed by atoms with van der Waals surface area (Å²) in [5.41, 5.74) is 1.11. The van der Waals surface area contributed by atoms with E-state index in [0.29, 0.717) is 6.04 Å². The standard InChI is InChI=1S/C16H24N6/c1-3-13-10-15(20-12-19-13)22-7-4-14(5-8-22)18-11-16-17-6-9-21(16)2/h6,9-10,12,14,18H,3-5,7-8,11H2,1-2H3. The smallest absolute Gasteiger partial charge is 0.132 e. The van der Waals surface area contributed by atoms with E-state index in [0.717, 1.165) is 56.2 Å². The van der Waals surface area contributed by atoms with Crippen LogP contribution in [0.15, 0.2) is 24.8 Å². The van der Waals surface area contributed by atoms with Gasteiger partial charge in [-0.2, -0.15) is 0 Å². The summed E-state index contributed by atoms with van der Waals surface area (Å²) in [5.74, 6) is 2.15. The lowest BCUT2D eigenvalue weighted by Gasteiger charge is -2.33. The van der Waals surface area contributed by atoms with Crippen LogP contribution in [0.1, 0.15) is 31.3 Å². The van der Waals surface area contributed by atoms with Gasteiger partial charge in [0, 0.05) is 50.3 Å². The number of aromatic nitrogens is 4. The molecule has 0 bridgehead atoms. The molecule has 6 nitrogen and oxygen atoms in total. The van der Waals surface area contributed by atoms with Gasteiger partial charge in [0.25, 0.3) is 0 Å². The zero-order valence-corrected chi connectivity index (χ0v) is 13.4. The largest absolute Gasteiger partial charge is 0.356 e. The molecule has 1 fully saturated rings. The molecule has 0 atom stereocenters. The highest BCUT2D eigenvalue weighted by Crippen LogP contribution is 2.18. The molecule has 0 unspecified atom stereocenters. The van der Waals surface area contributed by atoms with Crippen LogP contribution < -0.4 is 10.2 Å². The molecule has 0 amide bonds. The lowest BCUT2D eigenvalue weighted by Crippen LogP contribution is -2.42. The highest BCUT2D eigenvalue weighted by molar-refractivity contribution is 5.39. The van der Waals surface area contributed by atoms with Crippen LogP contribution in [0.5, 0.6) is 0 Å². The van der Waals surface area contributed by atoms with E-state index < -0.39 is 0 Å². The predicted octanol–water partition coefficient (Wildman–Crippen LogP) is 1.53. The van der Waals surface area contributed by atoms with Crippen molar-refractivity contribution >= 4 is 5.82 Å². The molecule has 22 heavy (non-hydrogen) atoms. The first kappa shape index (κ1) is 15.0. The van der Waals surface area contributed by atoms with E-state index in [1.807, 2.05) is 19.4 Å². The van der Waals surface area contributed by atoms with Crippen molar-refractivity contribution in [2.45, 2.75) is 38.8 Å². The Labute approximate surface area is 131 Å². The Hall–Kier alpha value is -1.95. The summed E-state index contributed by atoms with van der Waals surface area (Å²) in [6.45, 7) is 5.04. The summed E-state index contributed by atoms with van der Waals surface area (Å²) in [4.78, 5) is 15.4. The highest BCUT2D eigenvalue weighted by Gasteiger charge is 2.20. The maximum absolute atomic E-state index is 4.42. The lowest BCUT2D eigenvalue weighted by molar-refractivity contribution is 0.406. The summed E-state index contributed by atoms with van der Waals surface area (Å²) in [7, 11) is 2.03. The fourth-order valence-electron chi connectivity index (χ4n) is 2.87. The predicted molar refractivity (Wildman–Crippen MR) is 86.7 cm³/mol. The first-order valence-electron chi connectivity index (χ1n) is 8.01. The third-order valence-electron chi connectivity index (χ3n) is 4.36. The third-order valence-corrected chi connectivity index (χ3v) is 4.36. The molecule has 0 spiro atoms. The van der Waals surface area contributed by atoms with Crippen molar-refractivity contribution in [2.75, 3.05) is 18.0 Å². The van der Waals surface area contributed by atoms with Gasteiger partial charge >= 0.3 is 0 Å². The van der Waals surface area contributed by atoms with Crippen LogP contribution >= 0.6 is 0 Å². The monoisotopic (exact) mass is 300 g/mol. The minimum Gasteiger partial charge on any atom is -0.356 e. The minimum absolute atomic E-state index is 0.556. The molecule has 1 saturated heterocycles. The van der Waals surface area contributed by atoms with Crippen molar-refractivity contribution in [2.24, 2.45) is 7.05 Å². The molecule has 6 heteroatoms. The van der Waals surface area contributed by atoms with Crippen molar-refractivity contribution in [1.29, 1.82) is 0 Å². The maximum Gasteiger partial charge on any atom is 0.132 e. The summed E-state index contributed by atoms with van der Waals surface area (Å²) in [6, 6.07) is 2.67. The highest BCUT2D eigenvalue weighted by atomic mass is 15.2. The zero-order chi connectivity index (χ0) is 15.4. The summed E-state index contributed by atoms with van der Waals surface area (Å²) in [6.07, 6.45) is 8.74. The molecule has 118 valence electrons.